The number of nitriles is 1. The lowest BCUT2D eigenvalue weighted by molar-refractivity contribution is 0.307. The van der Waals surface area contributed by atoms with Crippen LogP contribution in [0.2, 0.25) is 0 Å². The first-order valence-electron chi connectivity index (χ1n) is 6.68. The van der Waals surface area contributed by atoms with Crippen molar-refractivity contribution in [2.75, 3.05) is 18.1 Å². The molecule has 0 saturated heterocycles. The molecule has 2 aliphatic rings. The van der Waals surface area contributed by atoms with E-state index in [-0.39, 0.29) is 12.1 Å². The Hall–Kier alpha value is -0.240. The van der Waals surface area contributed by atoms with E-state index >= 15 is 0 Å². The van der Waals surface area contributed by atoms with Crippen LogP contribution in [-0.4, -0.2) is 34.8 Å². The lowest BCUT2D eigenvalue weighted by atomic mass is 9.86. The Labute approximate surface area is 108 Å². The molecule has 2 aliphatic carbocycles. The minimum atomic E-state index is -0.235. The van der Waals surface area contributed by atoms with Gasteiger partial charge >= 0.3 is 0 Å². The molecule has 0 radical (unpaired) electrons. The fourth-order valence-corrected chi connectivity index (χ4v) is 3.61. The second kappa shape index (κ2) is 6.08. The highest BCUT2D eigenvalue weighted by Crippen LogP contribution is 2.40. The molecule has 0 spiro atoms. The van der Waals surface area contributed by atoms with Gasteiger partial charge in [-0.1, -0.05) is 6.42 Å². The highest BCUT2D eigenvalue weighted by molar-refractivity contribution is 7.99. The molecule has 0 aromatic rings. The molecular formula is C13H22N2OS. The number of hydrogen-bond acceptors (Lipinski definition) is 4. The maximum atomic E-state index is 9.51. The van der Waals surface area contributed by atoms with Crippen molar-refractivity contribution >= 4 is 11.8 Å². The molecule has 3 nitrogen and oxygen atoms in total. The molecule has 2 fully saturated rings. The SMILES string of the molecule is N#CC1(NC2CC2)CCCC1CCSCCO. The number of nitrogens with zero attached hydrogens (tertiary/aromatic N) is 1. The van der Waals surface area contributed by atoms with Crippen molar-refractivity contribution < 1.29 is 5.11 Å². The average Bonchev–Trinajstić information content (AvgIpc) is 3.06. The van der Waals surface area contributed by atoms with Crippen molar-refractivity contribution in [2.24, 2.45) is 5.92 Å². The van der Waals surface area contributed by atoms with Gasteiger partial charge in [0.05, 0.1) is 12.7 Å². The Kier molecular flexibility index (Phi) is 4.72. The quantitative estimate of drug-likeness (QED) is 0.682. The van der Waals surface area contributed by atoms with Crippen LogP contribution in [0.3, 0.4) is 0 Å². The summed E-state index contributed by atoms with van der Waals surface area (Å²) < 4.78 is 0. The van der Waals surface area contributed by atoms with E-state index in [4.69, 9.17) is 5.11 Å². The molecule has 0 amide bonds. The number of thioether (sulfide) groups is 1. The van der Waals surface area contributed by atoms with Crippen molar-refractivity contribution in [3.8, 4) is 6.07 Å². The van der Waals surface area contributed by atoms with E-state index in [1.807, 2.05) is 0 Å². The maximum Gasteiger partial charge on any atom is 0.109 e. The summed E-state index contributed by atoms with van der Waals surface area (Å²) in [4.78, 5) is 0. The molecule has 2 N–H and O–H groups in total. The summed E-state index contributed by atoms with van der Waals surface area (Å²) in [5.74, 6) is 2.41. The Morgan fingerprint density at radius 3 is 2.82 bits per heavy atom. The molecule has 0 heterocycles. The number of hydrogen-bond donors (Lipinski definition) is 2. The average molecular weight is 254 g/mol. The van der Waals surface area contributed by atoms with Crippen LogP contribution in [-0.2, 0) is 0 Å². The summed E-state index contributed by atoms with van der Waals surface area (Å²) >= 11 is 1.80. The van der Waals surface area contributed by atoms with Gasteiger partial charge in [0.2, 0.25) is 0 Å². The van der Waals surface area contributed by atoms with Gasteiger partial charge in [0.1, 0.15) is 5.54 Å². The van der Waals surface area contributed by atoms with E-state index < -0.39 is 0 Å². The molecule has 2 atom stereocenters. The third-order valence-electron chi connectivity index (χ3n) is 3.91. The maximum absolute atomic E-state index is 9.51. The zero-order chi connectivity index (χ0) is 12.1. The van der Waals surface area contributed by atoms with E-state index in [1.165, 1.54) is 25.7 Å². The minimum Gasteiger partial charge on any atom is -0.396 e. The first-order chi connectivity index (χ1) is 8.30. The highest BCUT2D eigenvalue weighted by atomic mass is 32.2. The van der Waals surface area contributed by atoms with Crippen molar-refractivity contribution in [3.05, 3.63) is 0 Å². The minimum absolute atomic E-state index is 0.235. The third-order valence-corrected chi connectivity index (χ3v) is 4.90. The second-order valence-electron chi connectivity index (χ2n) is 5.22. The normalized spacial score (nSPS) is 32.6. The first-order valence-corrected chi connectivity index (χ1v) is 7.84. The molecular weight excluding hydrogens is 232 g/mol. The number of aliphatic hydroxyl groups is 1. The summed E-state index contributed by atoms with van der Waals surface area (Å²) in [7, 11) is 0. The molecule has 2 unspecified atom stereocenters. The standard InChI is InChI=1S/C13H22N2OS/c14-10-13(15-12-3-4-12)6-1-2-11(13)5-8-17-9-7-16/h11-12,15-16H,1-9H2. The lowest BCUT2D eigenvalue weighted by Crippen LogP contribution is -2.48. The summed E-state index contributed by atoms with van der Waals surface area (Å²) in [6.45, 7) is 0.263. The second-order valence-corrected chi connectivity index (χ2v) is 6.44. The molecule has 0 aromatic carbocycles. The third kappa shape index (κ3) is 3.37. The van der Waals surface area contributed by atoms with Crippen LogP contribution in [0.1, 0.15) is 38.5 Å². The zero-order valence-electron chi connectivity index (χ0n) is 10.3. The van der Waals surface area contributed by atoms with E-state index in [0.29, 0.717) is 12.0 Å². The van der Waals surface area contributed by atoms with Gasteiger partial charge in [0.25, 0.3) is 0 Å². The fourth-order valence-electron chi connectivity index (χ4n) is 2.82. The van der Waals surface area contributed by atoms with Crippen LogP contribution in [0.25, 0.3) is 0 Å². The van der Waals surface area contributed by atoms with Gasteiger partial charge in [0.15, 0.2) is 0 Å². The Morgan fingerprint density at radius 1 is 1.35 bits per heavy atom. The molecule has 0 bridgehead atoms. The van der Waals surface area contributed by atoms with Crippen molar-refractivity contribution in [1.82, 2.24) is 5.32 Å². The van der Waals surface area contributed by atoms with E-state index in [0.717, 1.165) is 24.3 Å². The summed E-state index contributed by atoms with van der Waals surface area (Å²) in [6, 6.07) is 3.18. The van der Waals surface area contributed by atoms with E-state index in [1.54, 1.807) is 11.8 Å². The summed E-state index contributed by atoms with van der Waals surface area (Å²) in [5, 5.41) is 21.8. The highest BCUT2D eigenvalue weighted by Gasteiger charge is 2.45. The van der Waals surface area contributed by atoms with Crippen LogP contribution in [0.4, 0.5) is 0 Å². The van der Waals surface area contributed by atoms with Crippen LogP contribution in [0.5, 0.6) is 0 Å². The van der Waals surface area contributed by atoms with Gasteiger partial charge in [-0.2, -0.15) is 17.0 Å². The van der Waals surface area contributed by atoms with Gasteiger partial charge in [0, 0.05) is 11.8 Å². The predicted octanol–water partition coefficient (Wildman–Crippen LogP) is 1.92. The topological polar surface area (TPSA) is 56.0 Å². The van der Waals surface area contributed by atoms with Gasteiger partial charge < -0.3 is 5.11 Å². The Balaban J connectivity index is 1.83. The molecule has 0 aromatic heterocycles. The van der Waals surface area contributed by atoms with Crippen LogP contribution >= 0.6 is 11.8 Å². The van der Waals surface area contributed by atoms with Gasteiger partial charge in [-0.3, -0.25) is 5.32 Å². The van der Waals surface area contributed by atoms with Crippen LogP contribution in [0, 0.1) is 17.2 Å². The number of aliphatic hydroxyl groups excluding tert-OH is 1. The zero-order valence-corrected chi connectivity index (χ0v) is 11.1. The monoisotopic (exact) mass is 254 g/mol. The molecule has 96 valence electrons. The molecule has 17 heavy (non-hydrogen) atoms. The number of rotatable bonds is 7. The Morgan fingerprint density at radius 2 is 2.18 bits per heavy atom. The molecule has 0 aliphatic heterocycles. The van der Waals surface area contributed by atoms with E-state index in [2.05, 4.69) is 11.4 Å². The largest absolute Gasteiger partial charge is 0.396 e. The lowest BCUT2D eigenvalue weighted by Gasteiger charge is -2.30. The van der Waals surface area contributed by atoms with Crippen molar-refractivity contribution in [3.63, 3.8) is 0 Å². The first kappa shape index (κ1) is 13.2. The summed E-state index contributed by atoms with van der Waals surface area (Å²) in [5.41, 5.74) is -0.235. The molecule has 2 rings (SSSR count). The fraction of sp³-hybridized carbons (Fsp3) is 0.923. The van der Waals surface area contributed by atoms with Crippen molar-refractivity contribution in [2.45, 2.75) is 50.1 Å². The van der Waals surface area contributed by atoms with Gasteiger partial charge in [-0.25, -0.2) is 0 Å². The Bertz CT molecular complexity index is 288. The smallest absolute Gasteiger partial charge is 0.109 e. The van der Waals surface area contributed by atoms with Crippen molar-refractivity contribution in [1.29, 1.82) is 5.26 Å². The van der Waals surface area contributed by atoms with E-state index in [9.17, 15) is 5.26 Å². The molecule has 4 heteroatoms. The number of nitrogens with one attached hydrogen (secondary N) is 1. The summed E-state index contributed by atoms with van der Waals surface area (Å²) in [6.07, 6.45) is 6.99. The van der Waals surface area contributed by atoms with Gasteiger partial charge in [-0.05, 0) is 43.8 Å². The predicted molar refractivity (Wildman–Crippen MR) is 70.9 cm³/mol. The molecule has 2 saturated carbocycles. The van der Waals surface area contributed by atoms with Crippen LogP contribution in [0.15, 0.2) is 0 Å². The van der Waals surface area contributed by atoms with Gasteiger partial charge in [-0.15, -0.1) is 0 Å². The van der Waals surface area contributed by atoms with Crippen LogP contribution < -0.4 is 5.32 Å².